The van der Waals surface area contributed by atoms with Crippen molar-refractivity contribution in [2.75, 3.05) is 13.2 Å². The first kappa shape index (κ1) is 25.3. The molecule has 0 radical (unpaired) electrons. The number of nitrogens with zero attached hydrogens (tertiary/aromatic N) is 2. The Kier molecular flexibility index (Phi) is 6.68. The van der Waals surface area contributed by atoms with Crippen LogP contribution in [0.5, 0.6) is 0 Å². The number of rotatable bonds is 7. The molecule has 3 aliphatic rings. The molecule has 1 aromatic carbocycles. The Morgan fingerprint density at radius 1 is 1.35 bits per heavy atom. The molecule has 3 fully saturated rings. The molecule has 3 heterocycles. The maximum Gasteiger partial charge on any atom is 0.308 e. The summed E-state index contributed by atoms with van der Waals surface area (Å²) < 4.78 is -0.886. The third-order valence-corrected chi connectivity index (χ3v) is 10.5. The van der Waals surface area contributed by atoms with Crippen LogP contribution in [-0.2, 0) is 14.4 Å². The van der Waals surface area contributed by atoms with E-state index in [1.54, 1.807) is 11.0 Å². The van der Waals surface area contributed by atoms with Gasteiger partial charge in [0.1, 0.15) is 6.04 Å². The number of aliphatic hydroxyl groups excluding tert-OH is 1. The average molecular weight is 552 g/mol. The number of hydrogen-bond donors (Lipinski definition) is 2. The van der Waals surface area contributed by atoms with Crippen molar-refractivity contribution in [3.05, 3.63) is 48.6 Å². The molecule has 7 atom stereocenters. The van der Waals surface area contributed by atoms with Crippen LogP contribution >= 0.6 is 27.7 Å². The molecule has 1 spiro atoms. The summed E-state index contributed by atoms with van der Waals surface area (Å²) in [4.78, 5) is 43.8. The maximum atomic E-state index is 14.3. The fourth-order valence-corrected chi connectivity index (χ4v) is 9.55. The summed E-state index contributed by atoms with van der Waals surface area (Å²) >= 11 is 5.12. The number of alkyl halides is 1. The highest BCUT2D eigenvalue weighted by Gasteiger charge is 2.76. The van der Waals surface area contributed by atoms with Gasteiger partial charge in [0, 0.05) is 22.2 Å². The van der Waals surface area contributed by atoms with Gasteiger partial charge in [-0.15, -0.1) is 18.3 Å². The van der Waals surface area contributed by atoms with Gasteiger partial charge in [-0.3, -0.25) is 14.4 Å². The Balaban J connectivity index is 1.89. The van der Waals surface area contributed by atoms with Crippen molar-refractivity contribution >= 4 is 45.5 Å². The standard InChI is InChI=1S/C25H31BrN2O5S/c1-5-11-27(24(2,3)4)22(31)20-25-12-15(26)19(34-25)17(23(32)33)18(25)21(30)28(20)16(13-29)14-9-7-6-8-10-14/h5-10,15-20,29H,1,11-13H2,2-4H3,(H,32,33)/t15?,16-,17-,18+,19-,20?,25?/m1/s1. The molecule has 0 saturated carbocycles. The quantitative estimate of drug-likeness (QED) is 0.400. The van der Waals surface area contributed by atoms with Gasteiger partial charge in [0.15, 0.2) is 0 Å². The first-order chi connectivity index (χ1) is 16.0. The lowest BCUT2D eigenvalue weighted by molar-refractivity contribution is -0.150. The van der Waals surface area contributed by atoms with Crippen LogP contribution in [0.1, 0.15) is 38.8 Å². The van der Waals surface area contributed by atoms with Crippen LogP contribution in [0.25, 0.3) is 0 Å². The van der Waals surface area contributed by atoms with E-state index in [2.05, 4.69) is 22.5 Å². The molecule has 0 aromatic heterocycles. The minimum absolute atomic E-state index is 0.121. The Labute approximate surface area is 212 Å². The lowest BCUT2D eigenvalue weighted by Crippen LogP contribution is -2.59. The number of carboxylic acids is 1. The summed E-state index contributed by atoms with van der Waals surface area (Å²) in [5, 5.41) is 20.3. The molecule has 3 unspecified atom stereocenters. The van der Waals surface area contributed by atoms with Crippen LogP contribution in [0.4, 0.5) is 0 Å². The summed E-state index contributed by atoms with van der Waals surface area (Å²) in [6.07, 6.45) is 2.17. The lowest BCUT2D eigenvalue weighted by atomic mass is 9.71. The summed E-state index contributed by atoms with van der Waals surface area (Å²) in [5.74, 6) is -3.35. The Hall–Kier alpha value is -1.84. The third kappa shape index (κ3) is 3.71. The molecule has 0 aliphatic carbocycles. The highest BCUT2D eigenvalue weighted by Crippen LogP contribution is 2.68. The Morgan fingerprint density at radius 3 is 2.53 bits per heavy atom. The molecule has 2 amide bonds. The molecule has 2 bridgehead atoms. The molecule has 1 aromatic rings. The van der Waals surface area contributed by atoms with Crippen molar-refractivity contribution in [3.63, 3.8) is 0 Å². The highest BCUT2D eigenvalue weighted by atomic mass is 79.9. The Bertz CT molecular complexity index is 999. The maximum absolute atomic E-state index is 14.3. The van der Waals surface area contributed by atoms with Crippen LogP contribution in [0.15, 0.2) is 43.0 Å². The molecule has 184 valence electrons. The number of aliphatic hydroxyl groups is 1. The van der Waals surface area contributed by atoms with Gasteiger partial charge in [0.25, 0.3) is 0 Å². The average Bonchev–Trinajstić information content (AvgIpc) is 3.36. The van der Waals surface area contributed by atoms with Crippen LogP contribution < -0.4 is 0 Å². The highest BCUT2D eigenvalue weighted by molar-refractivity contribution is 9.09. The first-order valence-corrected chi connectivity index (χ1v) is 13.2. The summed E-state index contributed by atoms with van der Waals surface area (Å²) in [5.41, 5.74) is 0.164. The van der Waals surface area contributed by atoms with Crippen LogP contribution in [-0.4, -0.2) is 77.4 Å². The number of carbonyl (C=O) groups excluding carboxylic acids is 2. The second-order valence-corrected chi connectivity index (χ2v) is 13.0. The number of halogens is 1. The number of amides is 2. The van der Waals surface area contributed by atoms with E-state index < -0.39 is 40.2 Å². The molecular formula is C25H31BrN2O5S. The summed E-state index contributed by atoms with van der Waals surface area (Å²) in [7, 11) is 0. The molecule has 4 rings (SSSR count). The van der Waals surface area contributed by atoms with Gasteiger partial charge < -0.3 is 20.0 Å². The van der Waals surface area contributed by atoms with E-state index in [0.717, 1.165) is 0 Å². The molecule has 9 heteroatoms. The van der Waals surface area contributed by atoms with E-state index in [4.69, 9.17) is 0 Å². The fourth-order valence-electron chi connectivity index (χ4n) is 5.97. The van der Waals surface area contributed by atoms with E-state index in [0.29, 0.717) is 18.5 Å². The summed E-state index contributed by atoms with van der Waals surface area (Å²) in [6, 6.07) is 7.47. The van der Waals surface area contributed by atoms with E-state index in [1.165, 1.54) is 16.7 Å². The molecule has 2 N–H and O–H groups in total. The molecule has 34 heavy (non-hydrogen) atoms. The number of hydrogen-bond acceptors (Lipinski definition) is 5. The number of thioether (sulfide) groups is 1. The second-order valence-electron chi connectivity index (χ2n) is 10.3. The predicted molar refractivity (Wildman–Crippen MR) is 135 cm³/mol. The monoisotopic (exact) mass is 550 g/mol. The molecule has 3 aliphatic heterocycles. The number of aliphatic carboxylic acids is 1. The van der Waals surface area contributed by atoms with Crippen LogP contribution in [0.3, 0.4) is 0 Å². The van der Waals surface area contributed by atoms with Crippen LogP contribution in [0, 0.1) is 11.8 Å². The number of likely N-dealkylation sites (tertiary alicyclic amines) is 1. The van der Waals surface area contributed by atoms with E-state index >= 15 is 0 Å². The third-order valence-electron chi connectivity index (χ3n) is 7.33. The summed E-state index contributed by atoms with van der Waals surface area (Å²) in [6.45, 7) is 9.52. The molecule has 3 saturated heterocycles. The van der Waals surface area contributed by atoms with Crippen molar-refractivity contribution in [2.45, 2.75) is 59.6 Å². The zero-order valence-corrected chi connectivity index (χ0v) is 22.0. The fraction of sp³-hybridized carbons (Fsp3) is 0.560. The van der Waals surface area contributed by atoms with E-state index in [9.17, 15) is 24.6 Å². The molecule has 7 nitrogen and oxygen atoms in total. The minimum Gasteiger partial charge on any atom is -0.481 e. The smallest absolute Gasteiger partial charge is 0.308 e. The SMILES string of the molecule is C=CCN(C(=O)C1N([C@H](CO)c2ccccc2)C(=O)[C@@H]2[C@@H](C(=O)O)[C@@H]3SC12CC3Br)C(C)(C)C. The normalized spacial score (nSPS) is 33.0. The van der Waals surface area contributed by atoms with Crippen molar-refractivity contribution in [3.8, 4) is 0 Å². The van der Waals surface area contributed by atoms with Gasteiger partial charge >= 0.3 is 5.97 Å². The number of carbonyl (C=O) groups is 3. The zero-order chi connectivity index (χ0) is 25.0. The minimum atomic E-state index is -1.02. The topological polar surface area (TPSA) is 98.2 Å². The lowest BCUT2D eigenvalue weighted by Gasteiger charge is -2.43. The molecular weight excluding hydrogens is 520 g/mol. The number of fused-ring (bicyclic) bond motifs is 1. The van der Waals surface area contributed by atoms with Crippen molar-refractivity contribution in [1.82, 2.24) is 9.80 Å². The van der Waals surface area contributed by atoms with Gasteiger partial charge in [-0.05, 0) is 32.8 Å². The number of benzene rings is 1. The Morgan fingerprint density at radius 2 is 2.00 bits per heavy atom. The van der Waals surface area contributed by atoms with Crippen molar-refractivity contribution < 1.29 is 24.6 Å². The van der Waals surface area contributed by atoms with Crippen LogP contribution in [0.2, 0.25) is 0 Å². The largest absolute Gasteiger partial charge is 0.481 e. The first-order valence-electron chi connectivity index (χ1n) is 11.4. The second kappa shape index (κ2) is 8.99. The van der Waals surface area contributed by atoms with Gasteiger partial charge in [0.05, 0.1) is 29.2 Å². The van der Waals surface area contributed by atoms with E-state index in [1.807, 2.05) is 51.1 Å². The van der Waals surface area contributed by atoms with Gasteiger partial charge in [-0.1, -0.05) is 52.3 Å². The van der Waals surface area contributed by atoms with Gasteiger partial charge in [-0.25, -0.2) is 0 Å². The van der Waals surface area contributed by atoms with Gasteiger partial charge in [0.2, 0.25) is 11.8 Å². The van der Waals surface area contributed by atoms with Crippen molar-refractivity contribution in [1.29, 1.82) is 0 Å². The van der Waals surface area contributed by atoms with Gasteiger partial charge in [-0.2, -0.15) is 0 Å². The van der Waals surface area contributed by atoms with E-state index in [-0.39, 0.29) is 28.5 Å². The number of carboxylic acid groups (broad SMARTS) is 1. The predicted octanol–water partition coefficient (Wildman–Crippen LogP) is 3.08. The van der Waals surface area contributed by atoms with Crippen molar-refractivity contribution in [2.24, 2.45) is 11.8 Å². The zero-order valence-electron chi connectivity index (χ0n) is 19.6.